The van der Waals surface area contributed by atoms with Crippen molar-refractivity contribution in [3.63, 3.8) is 0 Å². The third-order valence-corrected chi connectivity index (χ3v) is 5.50. The Labute approximate surface area is 202 Å². The molecular formula is C22H29ClLiO6P. The Morgan fingerprint density at radius 2 is 1.65 bits per heavy atom. The SMILES string of the molecule is CCOC(C)Oc1ccc(PC(=O)c2c(Cl)cccc2OC)c(OC(C)OCC)c1.[LiH]. The van der Waals surface area contributed by atoms with Crippen LogP contribution in [0.25, 0.3) is 0 Å². The van der Waals surface area contributed by atoms with Gasteiger partial charge in [-0.1, -0.05) is 17.7 Å². The second kappa shape index (κ2) is 14.0. The molecule has 166 valence electrons. The van der Waals surface area contributed by atoms with E-state index in [-0.39, 0.29) is 33.0 Å². The van der Waals surface area contributed by atoms with Crippen molar-refractivity contribution in [2.45, 2.75) is 40.3 Å². The Bertz CT molecular complexity index is 851. The molecule has 9 heteroatoms. The number of carbonyl (C=O) groups is 1. The molecule has 3 unspecified atom stereocenters. The van der Waals surface area contributed by atoms with Crippen LogP contribution < -0.4 is 19.5 Å². The molecule has 31 heavy (non-hydrogen) atoms. The summed E-state index contributed by atoms with van der Waals surface area (Å²) in [6.45, 7) is 8.45. The second-order valence-corrected chi connectivity index (χ2v) is 7.86. The van der Waals surface area contributed by atoms with E-state index in [2.05, 4.69) is 0 Å². The molecule has 0 bridgehead atoms. The van der Waals surface area contributed by atoms with Crippen molar-refractivity contribution in [2.24, 2.45) is 0 Å². The Kier molecular flexibility index (Phi) is 12.6. The molecule has 0 fully saturated rings. The van der Waals surface area contributed by atoms with Crippen LogP contribution in [0.5, 0.6) is 17.2 Å². The van der Waals surface area contributed by atoms with Crippen LogP contribution in [0.1, 0.15) is 38.1 Å². The molecule has 0 aliphatic rings. The predicted molar refractivity (Wildman–Crippen MR) is 127 cm³/mol. The maximum atomic E-state index is 13.0. The first-order valence-corrected chi connectivity index (χ1v) is 11.1. The first kappa shape index (κ1) is 27.8. The van der Waals surface area contributed by atoms with E-state index in [0.29, 0.717) is 46.4 Å². The minimum absolute atomic E-state index is 0. The van der Waals surface area contributed by atoms with E-state index >= 15 is 0 Å². The van der Waals surface area contributed by atoms with Crippen LogP contribution in [0.3, 0.4) is 0 Å². The van der Waals surface area contributed by atoms with Crippen LogP contribution in [-0.4, -0.2) is 57.3 Å². The third kappa shape index (κ3) is 8.31. The van der Waals surface area contributed by atoms with E-state index in [1.165, 1.54) is 7.11 Å². The van der Waals surface area contributed by atoms with Gasteiger partial charge in [-0.2, -0.15) is 0 Å². The molecule has 0 heterocycles. The second-order valence-electron chi connectivity index (χ2n) is 6.21. The number of hydrogen-bond donors (Lipinski definition) is 0. The van der Waals surface area contributed by atoms with Crippen molar-refractivity contribution in [1.82, 2.24) is 0 Å². The summed E-state index contributed by atoms with van der Waals surface area (Å²) in [5.41, 5.74) is 0.205. The van der Waals surface area contributed by atoms with E-state index < -0.39 is 12.6 Å². The Morgan fingerprint density at radius 1 is 1.00 bits per heavy atom. The molecule has 0 spiro atoms. The first-order valence-electron chi connectivity index (χ1n) is 9.73. The van der Waals surface area contributed by atoms with Crippen LogP contribution >= 0.6 is 20.2 Å². The van der Waals surface area contributed by atoms with Gasteiger partial charge in [0, 0.05) is 24.6 Å². The summed E-state index contributed by atoms with van der Waals surface area (Å²) in [5, 5.41) is 1.06. The monoisotopic (exact) mass is 462 g/mol. The molecule has 0 aliphatic heterocycles. The van der Waals surface area contributed by atoms with Gasteiger partial charge in [-0.05, 0) is 60.5 Å². The van der Waals surface area contributed by atoms with Gasteiger partial charge in [-0.25, -0.2) is 0 Å². The van der Waals surface area contributed by atoms with Gasteiger partial charge in [-0.3, -0.25) is 4.79 Å². The van der Waals surface area contributed by atoms with E-state index in [1.54, 1.807) is 37.3 Å². The number of carbonyl (C=O) groups excluding carboxylic acids is 1. The standard InChI is InChI=1S/C22H28ClO6P.Li.H/c1-6-26-14(3)28-16-11-12-20(19(13-16)29-15(4)27-7-2)30-22(24)21-17(23)9-8-10-18(21)25-5;;/h8-15,30H,6-7H2,1-5H3;;. The maximum absolute atomic E-state index is 13.0. The zero-order chi connectivity index (χ0) is 22.1. The van der Waals surface area contributed by atoms with Crippen molar-refractivity contribution in [2.75, 3.05) is 20.3 Å². The van der Waals surface area contributed by atoms with E-state index in [1.807, 2.05) is 26.8 Å². The third-order valence-electron chi connectivity index (χ3n) is 4.02. The fraction of sp³-hybridized carbons (Fsp3) is 0.409. The van der Waals surface area contributed by atoms with Crippen LogP contribution in [0.15, 0.2) is 36.4 Å². The summed E-state index contributed by atoms with van der Waals surface area (Å²) in [7, 11) is 1.28. The predicted octanol–water partition coefficient (Wildman–Crippen LogP) is 4.37. The molecule has 0 saturated heterocycles. The number of ether oxygens (including phenoxy) is 5. The number of halogens is 1. The van der Waals surface area contributed by atoms with Gasteiger partial charge >= 0.3 is 18.9 Å². The van der Waals surface area contributed by atoms with Gasteiger partial charge in [0.15, 0.2) is 18.1 Å². The summed E-state index contributed by atoms with van der Waals surface area (Å²) < 4.78 is 27.9. The van der Waals surface area contributed by atoms with E-state index in [4.69, 9.17) is 35.3 Å². The molecule has 6 nitrogen and oxygen atoms in total. The van der Waals surface area contributed by atoms with Crippen LogP contribution in [-0.2, 0) is 9.47 Å². The van der Waals surface area contributed by atoms with Crippen LogP contribution in [0.2, 0.25) is 5.02 Å². The van der Waals surface area contributed by atoms with Crippen molar-refractivity contribution in [1.29, 1.82) is 0 Å². The molecular weight excluding hydrogens is 434 g/mol. The molecule has 2 aromatic carbocycles. The summed E-state index contributed by atoms with van der Waals surface area (Å²) in [5.74, 6) is 1.52. The van der Waals surface area contributed by atoms with E-state index in [9.17, 15) is 4.79 Å². The number of methoxy groups -OCH3 is 1. The Balaban J connectivity index is 0.00000480. The molecule has 0 aromatic heterocycles. The zero-order valence-electron chi connectivity index (χ0n) is 17.9. The fourth-order valence-electron chi connectivity index (χ4n) is 2.76. The summed E-state index contributed by atoms with van der Waals surface area (Å²) in [6, 6.07) is 10.5. The number of benzene rings is 2. The molecule has 0 aliphatic carbocycles. The van der Waals surface area contributed by atoms with Gasteiger partial charge in [0.1, 0.15) is 17.2 Å². The average molecular weight is 463 g/mol. The summed E-state index contributed by atoms with van der Waals surface area (Å²) in [4.78, 5) is 13.0. The Morgan fingerprint density at radius 3 is 2.26 bits per heavy atom. The van der Waals surface area contributed by atoms with E-state index in [0.717, 1.165) is 0 Å². The van der Waals surface area contributed by atoms with Gasteiger partial charge < -0.3 is 23.7 Å². The Hall–Kier alpha value is -1.25. The molecule has 2 rings (SSSR count). The van der Waals surface area contributed by atoms with Crippen molar-refractivity contribution in [3.8, 4) is 17.2 Å². The summed E-state index contributed by atoms with van der Waals surface area (Å²) in [6.07, 6.45) is -0.891. The molecule has 0 amide bonds. The fourth-order valence-corrected chi connectivity index (χ4v) is 4.14. The summed E-state index contributed by atoms with van der Waals surface area (Å²) >= 11 is 6.27. The van der Waals surface area contributed by atoms with Crippen LogP contribution in [0, 0.1) is 0 Å². The minimum atomic E-state index is -0.483. The number of hydrogen-bond acceptors (Lipinski definition) is 6. The zero-order valence-corrected chi connectivity index (χ0v) is 19.6. The van der Waals surface area contributed by atoms with Gasteiger partial charge in [0.25, 0.3) is 0 Å². The molecule has 0 saturated carbocycles. The van der Waals surface area contributed by atoms with Gasteiger partial charge in [0.05, 0.1) is 17.7 Å². The molecule has 2 aromatic rings. The van der Waals surface area contributed by atoms with Crippen LogP contribution in [0.4, 0.5) is 0 Å². The van der Waals surface area contributed by atoms with Crippen molar-refractivity contribution < 1.29 is 28.5 Å². The first-order chi connectivity index (χ1) is 14.4. The molecule has 0 radical (unpaired) electrons. The van der Waals surface area contributed by atoms with Crippen molar-refractivity contribution >= 4 is 49.9 Å². The van der Waals surface area contributed by atoms with Gasteiger partial charge in [0.2, 0.25) is 0 Å². The normalized spacial score (nSPS) is 12.8. The molecule has 0 N–H and O–H groups in total. The number of rotatable bonds is 12. The van der Waals surface area contributed by atoms with Gasteiger partial charge in [-0.15, -0.1) is 0 Å². The topological polar surface area (TPSA) is 63.2 Å². The average Bonchev–Trinajstić information content (AvgIpc) is 2.69. The molecule has 3 atom stereocenters. The van der Waals surface area contributed by atoms with Crippen molar-refractivity contribution in [3.05, 3.63) is 47.0 Å². The quantitative estimate of drug-likeness (QED) is 0.265.